The number of hydrogen-bond acceptors (Lipinski definition) is 5. The smallest absolute Gasteiger partial charge is 0.278 e. The fraction of sp³-hybridized carbons (Fsp3) is 0.238. The molecule has 6 nitrogen and oxygen atoms in total. The molecule has 3 heterocycles. The minimum absolute atomic E-state index is 0.101. The number of amides is 1. The predicted octanol–water partition coefficient (Wildman–Crippen LogP) is 4.00. The van der Waals surface area contributed by atoms with Crippen molar-refractivity contribution in [1.82, 2.24) is 15.3 Å². The van der Waals surface area contributed by atoms with Crippen LogP contribution in [0.2, 0.25) is 0 Å². The van der Waals surface area contributed by atoms with Crippen molar-refractivity contribution in [3.63, 3.8) is 0 Å². The third-order valence-electron chi connectivity index (χ3n) is 4.01. The van der Waals surface area contributed by atoms with E-state index < -0.39 is 12.5 Å². The molecule has 1 aliphatic heterocycles. The summed E-state index contributed by atoms with van der Waals surface area (Å²) in [7, 11) is 0. The van der Waals surface area contributed by atoms with E-state index in [1.54, 1.807) is 48.5 Å². The second kappa shape index (κ2) is 8.67. The van der Waals surface area contributed by atoms with Gasteiger partial charge >= 0.3 is 0 Å². The van der Waals surface area contributed by atoms with E-state index in [-0.39, 0.29) is 17.8 Å². The van der Waals surface area contributed by atoms with Crippen molar-refractivity contribution in [2.45, 2.75) is 25.8 Å². The van der Waals surface area contributed by atoms with Crippen LogP contribution >= 0.6 is 0 Å². The summed E-state index contributed by atoms with van der Waals surface area (Å²) in [5, 5.41) is 2.88. The van der Waals surface area contributed by atoms with Gasteiger partial charge in [0.25, 0.3) is 11.8 Å². The van der Waals surface area contributed by atoms with E-state index in [0.29, 0.717) is 11.4 Å². The first kappa shape index (κ1) is 20.2. The summed E-state index contributed by atoms with van der Waals surface area (Å²) in [4.78, 5) is 22.6. The molecular formula is C21H20F2N4O2. The van der Waals surface area contributed by atoms with Crippen LogP contribution in [0.1, 0.15) is 35.8 Å². The van der Waals surface area contributed by atoms with E-state index in [4.69, 9.17) is 4.74 Å². The number of anilines is 1. The SMILES string of the molecule is CC(NC(=O)c1ccnc(N2C=C=CC=C2)c1)c1ccc(OCC(C)(F)F)nc1. The number of ether oxygens (including phenoxy) is 1. The number of nitrogens with zero attached hydrogens (tertiary/aromatic N) is 3. The van der Waals surface area contributed by atoms with Gasteiger partial charge in [0, 0.05) is 37.1 Å². The number of halogens is 2. The standard InChI is InChI=1S/C21H20F2N4O2/c1-15(17-6-7-19(25-13-17)29-14-21(2,22)23)26-20(28)16-8-9-24-18(12-16)27-10-4-3-5-11-27/h3-4,6-13,15H,14H2,1-2H3,(H,26,28). The van der Waals surface area contributed by atoms with E-state index in [9.17, 15) is 13.6 Å². The Morgan fingerprint density at radius 1 is 1.34 bits per heavy atom. The summed E-state index contributed by atoms with van der Waals surface area (Å²) in [5.74, 6) is -2.50. The number of hydrogen-bond donors (Lipinski definition) is 1. The monoisotopic (exact) mass is 398 g/mol. The number of allylic oxidation sites excluding steroid dienone is 2. The molecule has 150 valence electrons. The first-order valence-corrected chi connectivity index (χ1v) is 8.93. The van der Waals surface area contributed by atoms with Crippen LogP contribution in [0, 0.1) is 0 Å². The Morgan fingerprint density at radius 2 is 2.17 bits per heavy atom. The third-order valence-corrected chi connectivity index (χ3v) is 4.01. The molecule has 2 aromatic rings. The summed E-state index contributed by atoms with van der Waals surface area (Å²) in [5.41, 5.74) is 4.12. The number of pyridine rings is 2. The molecule has 29 heavy (non-hydrogen) atoms. The molecule has 8 heteroatoms. The Balaban J connectivity index is 1.63. The molecule has 0 fully saturated rings. The topological polar surface area (TPSA) is 67.4 Å². The van der Waals surface area contributed by atoms with Crippen LogP contribution in [-0.2, 0) is 0 Å². The van der Waals surface area contributed by atoms with Gasteiger partial charge in [0.05, 0.1) is 12.2 Å². The van der Waals surface area contributed by atoms with E-state index >= 15 is 0 Å². The summed E-state index contributed by atoms with van der Waals surface area (Å²) in [6.07, 6.45) is 10.2. The van der Waals surface area contributed by atoms with Gasteiger partial charge in [-0.2, -0.15) is 0 Å². The number of carbonyl (C=O) groups excluding carboxylic acids is 1. The number of aromatic nitrogens is 2. The Morgan fingerprint density at radius 3 is 2.83 bits per heavy atom. The van der Waals surface area contributed by atoms with Crippen molar-refractivity contribution in [2.24, 2.45) is 0 Å². The Kier molecular flexibility index (Phi) is 6.04. The summed E-state index contributed by atoms with van der Waals surface area (Å²) in [6, 6.07) is 6.13. The Bertz CT molecular complexity index is 961. The summed E-state index contributed by atoms with van der Waals surface area (Å²) >= 11 is 0. The molecule has 0 saturated carbocycles. The number of alkyl halides is 2. The maximum Gasteiger partial charge on any atom is 0.278 e. The molecule has 0 spiro atoms. The average Bonchev–Trinajstić information content (AvgIpc) is 2.73. The van der Waals surface area contributed by atoms with Gasteiger partial charge in [-0.15, -0.1) is 5.73 Å². The zero-order valence-corrected chi connectivity index (χ0v) is 16.0. The minimum atomic E-state index is -2.93. The fourth-order valence-electron chi connectivity index (χ4n) is 2.50. The van der Waals surface area contributed by atoms with Crippen molar-refractivity contribution in [3.05, 3.63) is 78.1 Å². The van der Waals surface area contributed by atoms with E-state index in [0.717, 1.165) is 12.5 Å². The number of rotatable bonds is 7. The maximum atomic E-state index is 12.8. The van der Waals surface area contributed by atoms with Crippen molar-refractivity contribution in [2.75, 3.05) is 11.5 Å². The quantitative estimate of drug-likeness (QED) is 0.714. The van der Waals surface area contributed by atoms with Crippen LogP contribution in [0.15, 0.2) is 66.9 Å². The van der Waals surface area contributed by atoms with Crippen LogP contribution in [-0.4, -0.2) is 28.4 Å². The van der Waals surface area contributed by atoms with E-state index in [1.807, 2.05) is 12.3 Å². The molecule has 1 N–H and O–H groups in total. The number of carbonyl (C=O) groups is 1. The van der Waals surface area contributed by atoms with E-state index in [1.165, 1.54) is 12.3 Å². The van der Waals surface area contributed by atoms with Crippen LogP contribution in [0.25, 0.3) is 0 Å². The molecule has 0 aliphatic carbocycles. The zero-order chi connectivity index (χ0) is 20.9. The highest BCUT2D eigenvalue weighted by Crippen LogP contribution is 2.19. The van der Waals surface area contributed by atoms with Gasteiger partial charge in [-0.1, -0.05) is 6.07 Å². The van der Waals surface area contributed by atoms with Gasteiger partial charge in [0.2, 0.25) is 5.88 Å². The number of nitrogens with one attached hydrogen (secondary N) is 1. The first-order chi connectivity index (χ1) is 13.8. The molecule has 1 amide bonds. The Labute approximate surface area is 167 Å². The minimum Gasteiger partial charge on any atom is -0.471 e. The predicted molar refractivity (Wildman–Crippen MR) is 105 cm³/mol. The van der Waals surface area contributed by atoms with Crippen molar-refractivity contribution in [1.29, 1.82) is 0 Å². The highest BCUT2D eigenvalue weighted by molar-refractivity contribution is 5.95. The molecule has 0 saturated heterocycles. The molecular weight excluding hydrogens is 378 g/mol. The molecule has 1 aliphatic rings. The van der Waals surface area contributed by atoms with Gasteiger partial charge < -0.3 is 15.0 Å². The second-order valence-corrected chi connectivity index (χ2v) is 6.60. The second-order valence-electron chi connectivity index (χ2n) is 6.60. The van der Waals surface area contributed by atoms with Gasteiger partial charge in [0.1, 0.15) is 5.82 Å². The fourth-order valence-corrected chi connectivity index (χ4v) is 2.50. The lowest BCUT2D eigenvalue weighted by Gasteiger charge is -2.17. The largest absolute Gasteiger partial charge is 0.471 e. The highest BCUT2D eigenvalue weighted by Gasteiger charge is 2.22. The van der Waals surface area contributed by atoms with Crippen LogP contribution in [0.5, 0.6) is 5.88 Å². The average molecular weight is 398 g/mol. The summed E-state index contributed by atoms with van der Waals surface area (Å²) in [6.45, 7) is 1.84. The lowest BCUT2D eigenvalue weighted by molar-refractivity contribution is -0.0242. The van der Waals surface area contributed by atoms with Gasteiger partial charge in [-0.05, 0) is 36.8 Å². The van der Waals surface area contributed by atoms with Crippen LogP contribution in [0.4, 0.5) is 14.6 Å². The molecule has 0 bridgehead atoms. The van der Waals surface area contributed by atoms with Crippen LogP contribution in [0.3, 0.4) is 0 Å². The summed E-state index contributed by atoms with van der Waals surface area (Å²) < 4.78 is 30.6. The van der Waals surface area contributed by atoms with Crippen molar-refractivity contribution in [3.8, 4) is 5.88 Å². The molecule has 1 unspecified atom stereocenters. The van der Waals surface area contributed by atoms with Crippen LogP contribution < -0.4 is 15.0 Å². The van der Waals surface area contributed by atoms with Crippen molar-refractivity contribution >= 4 is 11.7 Å². The van der Waals surface area contributed by atoms with E-state index in [2.05, 4.69) is 21.0 Å². The van der Waals surface area contributed by atoms with Crippen molar-refractivity contribution < 1.29 is 18.3 Å². The highest BCUT2D eigenvalue weighted by atomic mass is 19.3. The molecule has 2 aromatic heterocycles. The lowest BCUT2D eigenvalue weighted by atomic mass is 10.1. The van der Waals surface area contributed by atoms with Gasteiger partial charge in [-0.3, -0.25) is 4.79 Å². The zero-order valence-electron chi connectivity index (χ0n) is 16.0. The van der Waals surface area contributed by atoms with Gasteiger partial charge in [-0.25, -0.2) is 18.7 Å². The van der Waals surface area contributed by atoms with Gasteiger partial charge in [0.15, 0.2) is 6.61 Å². The molecule has 0 radical (unpaired) electrons. The molecule has 3 rings (SSSR count). The normalized spacial score (nSPS) is 14.0. The molecule has 0 aromatic carbocycles. The molecule has 1 atom stereocenters. The maximum absolute atomic E-state index is 12.8. The third kappa shape index (κ3) is 5.73. The lowest BCUT2D eigenvalue weighted by Crippen LogP contribution is -2.27. The Hall–Kier alpha value is -3.51. The first-order valence-electron chi connectivity index (χ1n) is 8.93.